The molecule has 0 unspecified atom stereocenters. The summed E-state index contributed by atoms with van der Waals surface area (Å²) < 4.78 is 0. The largest absolute Gasteiger partial charge is 0.352 e. The number of hydrogen-bond acceptors (Lipinski definition) is 5. The van der Waals surface area contributed by atoms with Crippen molar-refractivity contribution in [2.75, 3.05) is 38.6 Å². The lowest BCUT2D eigenvalue weighted by Gasteiger charge is -2.31. The summed E-state index contributed by atoms with van der Waals surface area (Å²) >= 11 is 0. The van der Waals surface area contributed by atoms with Gasteiger partial charge in [-0.05, 0) is 70.4 Å². The van der Waals surface area contributed by atoms with Crippen molar-refractivity contribution in [2.24, 2.45) is 5.41 Å². The van der Waals surface area contributed by atoms with Crippen molar-refractivity contribution < 1.29 is 4.79 Å². The van der Waals surface area contributed by atoms with E-state index in [1.807, 2.05) is 44.2 Å². The second kappa shape index (κ2) is 11.2. The molecule has 0 saturated heterocycles. The van der Waals surface area contributed by atoms with E-state index in [0.29, 0.717) is 12.1 Å². The molecular weight excluding hydrogens is 386 g/mol. The fourth-order valence-corrected chi connectivity index (χ4v) is 3.49. The van der Waals surface area contributed by atoms with Crippen LogP contribution in [-0.2, 0) is 6.54 Å². The summed E-state index contributed by atoms with van der Waals surface area (Å²) in [5.74, 6) is 1.72. The van der Waals surface area contributed by atoms with Crippen LogP contribution in [0.15, 0.2) is 30.3 Å². The Labute approximate surface area is 188 Å². The molecule has 0 bridgehead atoms. The van der Waals surface area contributed by atoms with Gasteiger partial charge in [0.2, 0.25) is 0 Å². The number of nitrogens with one attached hydrogen (secondary N) is 1. The zero-order chi connectivity index (χ0) is 23.0. The summed E-state index contributed by atoms with van der Waals surface area (Å²) in [5.41, 5.74) is 2.95. The van der Waals surface area contributed by atoms with Gasteiger partial charge >= 0.3 is 0 Å². The molecule has 0 aliphatic carbocycles. The summed E-state index contributed by atoms with van der Waals surface area (Å²) in [7, 11) is 4.13. The number of carbonyl (C=O) groups is 1. The molecule has 6 heteroatoms. The highest BCUT2D eigenvalue weighted by atomic mass is 16.1. The number of hydrogen-bond donors (Lipinski definition) is 1. The number of anilines is 1. The van der Waals surface area contributed by atoms with Crippen molar-refractivity contribution in [3.63, 3.8) is 0 Å². The number of benzene rings is 1. The predicted molar refractivity (Wildman–Crippen MR) is 129 cm³/mol. The molecule has 31 heavy (non-hydrogen) atoms. The quantitative estimate of drug-likeness (QED) is 0.578. The molecule has 0 spiro atoms. The molecule has 6 nitrogen and oxygen atoms in total. The summed E-state index contributed by atoms with van der Waals surface area (Å²) in [6.45, 7) is 14.0. The predicted octanol–water partition coefficient (Wildman–Crippen LogP) is 4.22. The minimum atomic E-state index is -0.00926. The summed E-state index contributed by atoms with van der Waals surface area (Å²) in [5, 5.41) is 3.02. The normalized spacial score (nSPS) is 11.6. The Bertz CT molecular complexity index is 820. The second-order valence-electron chi connectivity index (χ2n) is 9.79. The summed E-state index contributed by atoms with van der Waals surface area (Å²) in [4.78, 5) is 25.9. The van der Waals surface area contributed by atoms with Gasteiger partial charge in [-0.25, -0.2) is 9.97 Å². The SMILES string of the molecule is Cc1cc(N(Cc2ccc(C(=O)NCCCCN(C)C)cc2)CC(C)(C)C)nc(C)n1. The third kappa shape index (κ3) is 9.05. The first-order valence-electron chi connectivity index (χ1n) is 11.1. The molecule has 0 radical (unpaired) electrons. The van der Waals surface area contributed by atoms with E-state index in [-0.39, 0.29) is 11.3 Å². The molecule has 0 saturated carbocycles. The van der Waals surface area contributed by atoms with Crippen molar-refractivity contribution in [1.82, 2.24) is 20.2 Å². The fraction of sp³-hybridized carbons (Fsp3) is 0.560. The third-order valence-corrected chi connectivity index (χ3v) is 4.85. The molecule has 0 aliphatic heterocycles. The smallest absolute Gasteiger partial charge is 0.251 e. The topological polar surface area (TPSA) is 61.4 Å². The maximum atomic E-state index is 12.4. The standard InChI is InChI=1S/C25H39N5O/c1-19-16-23(28-20(2)27-19)30(18-25(3,4)5)17-21-10-12-22(13-11-21)24(31)26-14-8-9-15-29(6)7/h10-13,16H,8-9,14-15,17-18H2,1-7H3,(H,26,31). The Kier molecular flexibility index (Phi) is 8.99. The first-order valence-corrected chi connectivity index (χ1v) is 11.1. The summed E-state index contributed by atoms with van der Waals surface area (Å²) in [6.07, 6.45) is 2.07. The fourth-order valence-electron chi connectivity index (χ4n) is 3.49. The van der Waals surface area contributed by atoms with Gasteiger partial charge < -0.3 is 15.1 Å². The molecule has 1 aromatic carbocycles. The first kappa shape index (κ1) is 24.8. The number of nitrogens with zero attached hydrogens (tertiary/aromatic N) is 4. The average Bonchev–Trinajstić information content (AvgIpc) is 2.65. The van der Waals surface area contributed by atoms with E-state index in [0.717, 1.165) is 55.4 Å². The maximum Gasteiger partial charge on any atom is 0.251 e. The first-order chi connectivity index (χ1) is 14.5. The molecule has 0 aliphatic rings. The highest BCUT2D eigenvalue weighted by Gasteiger charge is 2.19. The maximum absolute atomic E-state index is 12.4. The van der Waals surface area contributed by atoms with Crippen molar-refractivity contribution in [1.29, 1.82) is 0 Å². The number of unbranched alkanes of at least 4 members (excludes halogenated alkanes) is 1. The van der Waals surface area contributed by atoms with Gasteiger partial charge in [-0.1, -0.05) is 32.9 Å². The van der Waals surface area contributed by atoms with Gasteiger partial charge in [0.1, 0.15) is 11.6 Å². The molecule has 170 valence electrons. The van der Waals surface area contributed by atoms with Crippen LogP contribution in [0.5, 0.6) is 0 Å². The van der Waals surface area contributed by atoms with Crippen LogP contribution >= 0.6 is 0 Å². The van der Waals surface area contributed by atoms with Gasteiger partial charge in [0.05, 0.1) is 0 Å². The van der Waals surface area contributed by atoms with Gasteiger partial charge in [0.15, 0.2) is 0 Å². The van der Waals surface area contributed by atoms with Crippen molar-refractivity contribution in [3.05, 3.63) is 53.0 Å². The zero-order valence-electron chi connectivity index (χ0n) is 20.3. The molecule has 1 heterocycles. The van der Waals surface area contributed by atoms with Crippen molar-refractivity contribution in [2.45, 2.75) is 54.0 Å². The lowest BCUT2D eigenvalue weighted by atomic mass is 9.95. The monoisotopic (exact) mass is 425 g/mol. The van der Waals surface area contributed by atoms with Gasteiger partial charge in [0.25, 0.3) is 5.91 Å². The lowest BCUT2D eigenvalue weighted by Crippen LogP contribution is -2.33. The second-order valence-corrected chi connectivity index (χ2v) is 9.79. The van der Waals surface area contributed by atoms with E-state index in [9.17, 15) is 4.79 Å². The van der Waals surface area contributed by atoms with Gasteiger partial charge in [0, 0.05) is 37.0 Å². The van der Waals surface area contributed by atoms with Crippen LogP contribution in [0.3, 0.4) is 0 Å². The molecule has 1 aromatic heterocycles. The minimum absolute atomic E-state index is 0.00926. The Morgan fingerprint density at radius 2 is 1.71 bits per heavy atom. The molecule has 1 N–H and O–H groups in total. The number of aryl methyl sites for hydroxylation is 2. The molecule has 0 atom stereocenters. The van der Waals surface area contributed by atoms with Crippen LogP contribution in [0.25, 0.3) is 0 Å². The number of carbonyl (C=O) groups excluding carboxylic acids is 1. The highest BCUT2D eigenvalue weighted by molar-refractivity contribution is 5.94. The number of rotatable bonds is 10. The molecular formula is C25H39N5O. The van der Waals surface area contributed by atoms with E-state index < -0.39 is 0 Å². The number of amides is 1. The lowest BCUT2D eigenvalue weighted by molar-refractivity contribution is 0.0952. The van der Waals surface area contributed by atoms with Crippen molar-refractivity contribution >= 4 is 11.7 Å². The van der Waals surface area contributed by atoms with E-state index >= 15 is 0 Å². The minimum Gasteiger partial charge on any atom is -0.352 e. The van der Waals surface area contributed by atoms with E-state index in [1.54, 1.807) is 0 Å². The van der Waals surface area contributed by atoms with Crippen LogP contribution < -0.4 is 10.2 Å². The van der Waals surface area contributed by atoms with Gasteiger partial charge in [-0.2, -0.15) is 0 Å². The Hall–Kier alpha value is -2.47. The van der Waals surface area contributed by atoms with E-state index in [4.69, 9.17) is 0 Å². The Balaban J connectivity index is 2.03. The summed E-state index contributed by atoms with van der Waals surface area (Å²) in [6, 6.07) is 9.94. The average molecular weight is 426 g/mol. The van der Waals surface area contributed by atoms with Crippen LogP contribution in [0.2, 0.25) is 0 Å². The van der Waals surface area contributed by atoms with Gasteiger partial charge in [-0.3, -0.25) is 4.79 Å². The zero-order valence-corrected chi connectivity index (χ0v) is 20.3. The van der Waals surface area contributed by atoms with Crippen LogP contribution in [-0.4, -0.2) is 54.5 Å². The van der Waals surface area contributed by atoms with Crippen LogP contribution in [0.1, 0.15) is 61.1 Å². The highest BCUT2D eigenvalue weighted by Crippen LogP contribution is 2.23. The van der Waals surface area contributed by atoms with Crippen LogP contribution in [0.4, 0.5) is 5.82 Å². The van der Waals surface area contributed by atoms with E-state index in [1.165, 1.54) is 0 Å². The molecule has 0 fully saturated rings. The van der Waals surface area contributed by atoms with Crippen LogP contribution in [0, 0.1) is 19.3 Å². The van der Waals surface area contributed by atoms with Crippen molar-refractivity contribution in [3.8, 4) is 0 Å². The Morgan fingerprint density at radius 1 is 1.03 bits per heavy atom. The Morgan fingerprint density at radius 3 is 2.29 bits per heavy atom. The molecule has 1 amide bonds. The third-order valence-electron chi connectivity index (χ3n) is 4.85. The van der Waals surface area contributed by atoms with E-state index in [2.05, 4.69) is 60.0 Å². The van der Waals surface area contributed by atoms with Gasteiger partial charge in [-0.15, -0.1) is 0 Å². The molecule has 2 aromatic rings. The number of aromatic nitrogens is 2. The molecule has 2 rings (SSSR count).